The molecule has 1 aromatic carbocycles. The summed E-state index contributed by atoms with van der Waals surface area (Å²) in [5.74, 6) is -0.306. The van der Waals surface area contributed by atoms with E-state index in [-0.39, 0.29) is 5.82 Å². The monoisotopic (exact) mass is 285 g/mol. The highest BCUT2D eigenvalue weighted by molar-refractivity contribution is 9.10. The van der Waals surface area contributed by atoms with E-state index < -0.39 is 0 Å². The maximum absolute atomic E-state index is 13.5. The van der Waals surface area contributed by atoms with Gasteiger partial charge in [-0.05, 0) is 40.2 Å². The molecule has 1 aromatic heterocycles. The first-order chi connectivity index (χ1) is 7.16. The highest BCUT2D eigenvalue weighted by Crippen LogP contribution is 2.27. The van der Waals surface area contributed by atoms with Crippen molar-refractivity contribution in [3.8, 4) is 11.1 Å². The Bertz CT molecular complexity index is 502. The van der Waals surface area contributed by atoms with E-state index >= 15 is 0 Å². The quantitative estimate of drug-likeness (QED) is 0.761. The molecule has 0 bridgehead atoms. The lowest BCUT2D eigenvalue weighted by atomic mass is 10.1. The van der Waals surface area contributed by atoms with Gasteiger partial charge in [0.05, 0.1) is 0 Å². The van der Waals surface area contributed by atoms with Crippen molar-refractivity contribution in [3.05, 3.63) is 52.0 Å². The summed E-state index contributed by atoms with van der Waals surface area (Å²) >= 11 is 9.09. The Morgan fingerprint density at radius 1 is 1.20 bits per heavy atom. The van der Waals surface area contributed by atoms with Crippen molar-refractivity contribution >= 4 is 27.5 Å². The predicted octanol–water partition coefficient (Wildman–Crippen LogP) is 4.30. The first-order valence-electron chi connectivity index (χ1n) is 4.23. The molecule has 0 aliphatic carbocycles. The fourth-order valence-corrected chi connectivity index (χ4v) is 1.81. The van der Waals surface area contributed by atoms with Crippen LogP contribution in [0.3, 0.4) is 0 Å². The largest absolute Gasteiger partial charge is 0.263 e. The Hall–Kier alpha value is -0.930. The molecule has 0 saturated carbocycles. The van der Waals surface area contributed by atoms with E-state index in [1.807, 2.05) is 0 Å². The number of hydrogen-bond acceptors (Lipinski definition) is 1. The van der Waals surface area contributed by atoms with Crippen LogP contribution in [-0.4, -0.2) is 4.98 Å². The van der Waals surface area contributed by atoms with E-state index in [0.29, 0.717) is 16.1 Å². The molecule has 1 nitrogen and oxygen atoms in total. The molecule has 0 saturated heterocycles. The molecule has 2 aromatic rings. The van der Waals surface area contributed by atoms with Crippen LogP contribution in [0, 0.1) is 5.82 Å². The SMILES string of the molecule is Fc1ccc(Cl)cc1-c1cncc(Br)c1. The number of halogens is 3. The van der Waals surface area contributed by atoms with Crippen molar-refractivity contribution < 1.29 is 4.39 Å². The smallest absolute Gasteiger partial charge is 0.131 e. The normalized spacial score (nSPS) is 10.3. The molecule has 0 unspecified atom stereocenters. The summed E-state index contributed by atoms with van der Waals surface area (Å²) in [6, 6.07) is 6.24. The topological polar surface area (TPSA) is 12.9 Å². The Labute approximate surface area is 100 Å². The highest BCUT2D eigenvalue weighted by atomic mass is 79.9. The number of rotatable bonds is 1. The molecule has 15 heavy (non-hydrogen) atoms. The fourth-order valence-electron chi connectivity index (χ4n) is 1.28. The van der Waals surface area contributed by atoms with E-state index in [9.17, 15) is 4.39 Å². The number of nitrogens with zero attached hydrogens (tertiary/aromatic N) is 1. The number of aromatic nitrogens is 1. The van der Waals surface area contributed by atoms with E-state index in [2.05, 4.69) is 20.9 Å². The van der Waals surface area contributed by atoms with Crippen molar-refractivity contribution in [3.63, 3.8) is 0 Å². The van der Waals surface area contributed by atoms with Gasteiger partial charge in [-0.25, -0.2) is 4.39 Å². The van der Waals surface area contributed by atoms with Crippen LogP contribution in [-0.2, 0) is 0 Å². The molecule has 1 heterocycles. The number of benzene rings is 1. The van der Waals surface area contributed by atoms with Crippen LogP contribution in [0.5, 0.6) is 0 Å². The van der Waals surface area contributed by atoms with Crippen molar-refractivity contribution in [1.29, 1.82) is 0 Å². The summed E-state index contributed by atoms with van der Waals surface area (Å²) in [4.78, 5) is 3.97. The minimum atomic E-state index is -0.306. The second-order valence-electron chi connectivity index (χ2n) is 3.02. The van der Waals surface area contributed by atoms with Gasteiger partial charge in [0.1, 0.15) is 5.82 Å². The first kappa shape index (κ1) is 10.6. The van der Waals surface area contributed by atoms with Gasteiger partial charge in [0.15, 0.2) is 0 Å². The Balaban J connectivity index is 2.58. The molecule has 0 spiro atoms. The van der Waals surface area contributed by atoms with Crippen molar-refractivity contribution in [2.75, 3.05) is 0 Å². The fraction of sp³-hybridized carbons (Fsp3) is 0. The summed E-state index contributed by atoms with van der Waals surface area (Å²) in [5, 5.41) is 0.506. The standard InChI is InChI=1S/C11H6BrClFN/c12-8-3-7(5-15-6-8)10-4-9(13)1-2-11(10)14/h1-6H. The lowest BCUT2D eigenvalue weighted by Gasteiger charge is -2.03. The molecule has 2 rings (SSSR count). The zero-order chi connectivity index (χ0) is 10.8. The molecule has 0 amide bonds. The van der Waals surface area contributed by atoms with Gasteiger partial charge in [0.25, 0.3) is 0 Å². The Morgan fingerprint density at radius 3 is 2.73 bits per heavy atom. The molecule has 0 fully saturated rings. The summed E-state index contributed by atoms with van der Waals surface area (Å²) < 4.78 is 14.3. The predicted molar refractivity (Wildman–Crippen MR) is 62.3 cm³/mol. The Kier molecular flexibility index (Phi) is 3.03. The van der Waals surface area contributed by atoms with Crippen molar-refractivity contribution in [2.45, 2.75) is 0 Å². The lowest BCUT2D eigenvalue weighted by molar-refractivity contribution is 0.631. The zero-order valence-corrected chi connectivity index (χ0v) is 9.89. The van der Waals surface area contributed by atoms with E-state index in [1.54, 1.807) is 24.5 Å². The lowest BCUT2D eigenvalue weighted by Crippen LogP contribution is -1.85. The van der Waals surface area contributed by atoms with Crippen molar-refractivity contribution in [2.24, 2.45) is 0 Å². The molecule has 0 aliphatic heterocycles. The van der Waals surface area contributed by atoms with Crippen LogP contribution in [0.4, 0.5) is 4.39 Å². The number of hydrogen-bond donors (Lipinski definition) is 0. The molecule has 4 heteroatoms. The molecular formula is C11H6BrClFN. The molecule has 0 N–H and O–H groups in total. The second-order valence-corrected chi connectivity index (χ2v) is 4.37. The van der Waals surface area contributed by atoms with E-state index in [0.717, 1.165) is 4.47 Å². The maximum atomic E-state index is 13.5. The maximum Gasteiger partial charge on any atom is 0.131 e. The average Bonchev–Trinajstić information content (AvgIpc) is 2.22. The third kappa shape index (κ3) is 2.36. The molecule has 76 valence electrons. The second kappa shape index (κ2) is 4.29. The molecule has 0 radical (unpaired) electrons. The number of pyridine rings is 1. The third-order valence-corrected chi connectivity index (χ3v) is 2.61. The molecule has 0 atom stereocenters. The minimum Gasteiger partial charge on any atom is -0.263 e. The zero-order valence-electron chi connectivity index (χ0n) is 7.55. The summed E-state index contributed by atoms with van der Waals surface area (Å²) in [6.45, 7) is 0. The van der Waals surface area contributed by atoms with E-state index in [1.165, 1.54) is 12.1 Å². The van der Waals surface area contributed by atoms with Crippen molar-refractivity contribution in [1.82, 2.24) is 4.98 Å². The van der Waals surface area contributed by atoms with Crippen LogP contribution in [0.15, 0.2) is 41.1 Å². The van der Waals surface area contributed by atoms with Gasteiger partial charge in [-0.2, -0.15) is 0 Å². The Morgan fingerprint density at radius 2 is 2.00 bits per heavy atom. The molecule has 0 aliphatic rings. The minimum absolute atomic E-state index is 0.306. The van der Waals surface area contributed by atoms with Gasteiger partial charge in [0.2, 0.25) is 0 Å². The summed E-state index contributed by atoms with van der Waals surface area (Å²) in [7, 11) is 0. The van der Waals surface area contributed by atoms with Crippen LogP contribution in [0.25, 0.3) is 11.1 Å². The van der Waals surface area contributed by atoms with E-state index in [4.69, 9.17) is 11.6 Å². The van der Waals surface area contributed by atoms with Gasteiger partial charge < -0.3 is 0 Å². The third-order valence-electron chi connectivity index (χ3n) is 1.94. The van der Waals surface area contributed by atoms with Gasteiger partial charge >= 0.3 is 0 Å². The van der Waals surface area contributed by atoms with Gasteiger partial charge in [-0.15, -0.1) is 0 Å². The van der Waals surface area contributed by atoms with Crippen LogP contribution >= 0.6 is 27.5 Å². The van der Waals surface area contributed by atoms with Crippen LogP contribution < -0.4 is 0 Å². The highest BCUT2D eigenvalue weighted by Gasteiger charge is 2.06. The van der Waals surface area contributed by atoms with Gasteiger partial charge in [0, 0.05) is 33.0 Å². The average molecular weight is 287 g/mol. The van der Waals surface area contributed by atoms with Gasteiger partial charge in [-0.3, -0.25) is 4.98 Å². The summed E-state index contributed by atoms with van der Waals surface area (Å²) in [6.07, 6.45) is 3.24. The first-order valence-corrected chi connectivity index (χ1v) is 5.40. The van der Waals surface area contributed by atoms with Crippen LogP contribution in [0.1, 0.15) is 0 Å². The molecular weight excluding hydrogens is 280 g/mol. The summed E-state index contributed by atoms with van der Waals surface area (Å²) in [5.41, 5.74) is 1.15. The van der Waals surface area contributed by atoms with Crippen LogP contribution in [0.2, 0.25) is 5.02 Å². The van der Waals surface area contributed by atoms with Gasteiger partial charge in [-0.1, -0.05) is 11.6 Å².